The summed E-state index contributed by atoms with van der Waals surface area (Å²) in [7, 11) is 3.59. The van der Waals surface area contributed by atoms with Gasteiger partial charge in [0, 0.05) is 12.1 Å². The molecule has 84 valence electrons. The van der Waals surface area contributed by atoms with Gasteiger partial charge in [0.1, 0.15) is 11.5 Å². The summed E-state index contributed by atoms with van der Waals surface area (Å²) in [6.07, 6.45) is 0.195. The largest absolute Gasteiger partial charge is 0.496 e. The fourth-order valence-corrected chi connectivity index (χ4v) is 1.43. The molecule has 3 heteroatoms. The van der Waals surface area contributed by atoms with Crippen molar-refractivity contribution in [2.24, 2.45) is 0 Å². The lowest BCUT2D eigenvalue weighted by Gasteiger charge is -2.13. The van der Waals surface area contributed by atoms with E-state index < -0.39 is 0 Å². The van der Waals surface area contributed by atoms with Crippen LogP contribution < -0.4 is 14.8 Å². The van der Waals surface area contributed by atoms with Crippen molar-refractivity contribution in [1.29, 1.82) is 0 Å². The van der Waals surface area contributed by atoms with E-state index in [4.69, 9.17) is 9.47 Å². The Balaban J connectivity index is 2.88. The van der Waals surface area contributed by atoms with E-state index in [2.05, 4.69) is 5.32 Å². The molecule has 15 heavy (non-hydrogen) atoms. The zero-order chi connectivity index (χ0) is 11.3. The monoisotopic (exact) mass is 209 g/mol. The maximum Gasteiger partial charge on any atom is 0.123 e. The Bertz CT molecular complexity index is 310. The average Bonchev–Trinajstić information content (AvgIpc) is 2.18. The maximum atomic E-state index is 5.62. The molecule has 0 spiro atoms. The topological polar surface area (TPSA) is 30.5 Å². The van der Waals surface area contributed by atoms with Crippen LogP contribution in [0.3, 0.4) is 0 Å². The Morgan fingerprint density at radius 1 is 1.33 bits per heavy atom. The lowest BCUT2D eigenvalue weighted by Crippen LogP contribution is -2.09. The molecule has 0 saturated carbocycles. The molecule has 0 bridgehead atoms. The summed E-state index contributed by atoms with van der Waals surface area (Å²) in [5, 5.41) is 3.10. The molecule has 0 unspecified atom stereocenters. The van der Waals surface area contributed by atoms with Crippen molar-refractivity contribution in [3.8, 4) is 11.5 Å². The van der Waals surface area contributed by atoms with Gasteiger partial charge < -0.3 is 14.8 Å². The molecular weight excluding hydrogens is 190 g/mol. The molecule has 0 aromatic heterocycles. The number of hydrogen-bond acceptors (Lipinski definition) is 3. The molecule has 1 N–H and O–H groups in total. The molecule has 0 amide bonds. The highest BCUT2D eigenvalue weighted by molar-refractivity contribution is 5.40. The summed E-state index contributed by atoms with van der Waals surface area (Å²) in [5.41, 5.74) is 1.11. The van der Waals surface area contributed by atoms with Crippen molar-refractivity contribution >= 4 is 0 Å². The minimum atomic E-state index is 0.195. The number of nitrogens with one attached hydrogen (secondary N) is 1. The number of ether oxygens (including phenoxy) is 2. The first-order chi connectivity index (χ1) is 7.17. The van der Waals surface area contributed by atoms with E-state index >= 15 is 0 Å². The maximum absolute atomic E-state index is 5.62. The van der Waals surface area contributed by atoms with Crippen LogP contribution in [-0.2, 0) is 6.54 Å². The zero-order valence-corrected chi connectivity index (χ0v) is 9.83. The van der Waals surface area contributed by atoms with Crippen molar-refractivity contribution in [2.75, 3.05) is 14.2 Å². The minimum absolute atomic E-state index is 0.195. The van der Waals surface area contributed by atoms with Gasteiger partial charge in [0.15, 0.2) is 0 Å². The Morgan fingerprint density at radius 2 is 2.07 bits per heavy atom. The summed E-state index contributed by atoms with van der Waals surface area (Å²) in [6, 6.07) is 5.87. The van der Waals surface area contributed by atoms with Crippen molar-refractivity contribution in [3.05, 3.63) is 23.8 Å². The van der Waals surface area contributed by atoms with Gasteiger partial charge in [-0.3, -0.25) is 0 Å². The predicted molar refractivity (Wildman–Crippen MR) is 61.5 cm³/mol. The summed E-state index contributed by atoms with van der Waals surface area (Å²) in [6.45, 7) is 4.81. The number of methoxy groups -OCH3 is 1. The molecule has 0 radical (unpaired) electrons. The first-order valence-electron chi connectivity index (χ1n) is 5.15. The van der Waals surface area contributed by atoms with Gasteiger partial charge in [0.25, 0.3) is 0 Å². The second kappa shape index (κ2) is 5.61. The number of benzene rings is 1. The first-order valence-corrected chi connectivity index (χ1v) is 5.15. The Kier molecular flexibility index (Phi) is 4.43. The van der Waals surface area contributed by atoms with Crippen molar-refractivity contribution in [2.45, 2.75) is 26.5 Å². The standard InChI is InChI=1S/C12H19NO2/c1-9(2)15-11-5-6-12(14-4)10(7-11)8-13-3/h5-7,9,13H,8H2,1-4H3. The van der Waals surface area contributed by atoms with Crippen molar-refractivity contribution < 1.29 is 9.47 Å². The lowest BCUT2D eigenvalue weighted by molar-refractivity contribution is 0.241. The highest BCUT2D eigenvalue weighted by atomic mass is 16.5. The second-order valence-electron chi connectivity index (χ2n) is 3.67. The quantitative estimate of drug-likeness (QED) is 0.806. The molecule has 0 saturated heterocycles. The normalized spacial score (nSPS) is 10.5. The van der Waals surface area contributed by atoms with Crippen molar-refractivity contribution in [3.63, 3.8) is 0 Å². The minimum Gasteiger partial charge on any atom is -0.496 e. The number of rotatable bonds is 5. The summed E-state index contributed by atoms with van der Waals surface area (Å²) < 4.78 is 10.9. The average molecular weight is 209 g/mol. The lowest BCUT2D eigenvalue weighted by atomic mass is 10.2. The van der Waals surface area contributed by atoms with Crippen LogP contribution in [0.4, 0.5) is 0 Å². The molecule has 1 rings (SSSR count). The van der Waals surface area contributed by atoms with Crippen LogP contribution in [0.1, 0.15) is 19.4 Å². The van der Waals surface area contributed by atoms with E-state index in [1.54, 1.807) is 7.11 Å². The van der Waals surface area contributed by atoms with Gasteiger partial charge in [-0.15, -0.1) is 0 Å². The molecule has 0 aliphatic heterocycles. The summed E-state index contributed by atoms with van der Waals surface area (Å²) in [4.78, 5) is 0. The third-order valence-electron chi connectivity index (χ3n) is 1.99. The van der Waals surface area contributed by atoms with Crippen LogP contribution in [0.15, 0.2) is 18.2 Å². The van der Waals surface area contributed by atoms with Crippen LogP contribution in [0.2, 0.25) is 0 Å². The molecule has 0 heterocycles. The van der Waals surface area contributed by atoms with Gasteiger partial charge in [-0.1, -0.05) is 0 Å². The molecule has 0 fully saturated rings. The first kappa shape index (κ1) is 11.9. The zero-order valence-electron chi connectivity index (χ0n) is 9.83. The number of hydrogen-bond donors (Lipinski definition) is 1. The van der Waals surface area contributed by atoms with E-state index in [0.717, 1.165) is 23.6 Å². The highest BCUT2D eigenvalue weighted by Gasteiger charge is 2.05. The molecule has 0 aliphatic carbocycles. The molecule has 0 aliphatic rings. The molecule has 3 nitrogen and oxygen atoms in total. The fraction of sp³-hybridized carbons (Fsp3) is 0.500. The van der Waals surface area contributed by atoms with E-state index in [-0.39, 0.29) is 6.10 Å². The van der Waals surface area contributed by atoms with Gasteiger partial charge >= 0.3 is 0 Å². The summed E-state index contributed by atoms with van der Waals surface area (Å²) in [5.74, 6) is 1.77. The van der Waals surface area contributed by atoms with E-state index in [0.29, 0.717) is 0 Å². The molecule has 0 atom stereocenters. The highest BCUT2D eigenvalue weighted by Crippen LogP contribution is 2.24. The third kappa shape index (κ3) is 3.44. The SMILES string of the molecule is CNCc1cc(OC(C)C)ccc1OC. The Hall–Kier alpha value is -1.22. The van der Waals surface area contributed by atoms with Gasteiger partial charge in [-0.05, 0) is 39.1 Å². The van der Waals surface area contributed by atoms with Gasteiger partial charge in [-0.25, -0.2) is 0 Å². The van der Waals surface area contributed by atoms with Crippen molar-refractivity contribution in [1.82, 2.24) is 5.32 Å². The Morgan fingerprint density at radius 3 is 2.60 bits per heavy atom. The van der Waals surface area contributed by atoms with E-state index in [1.807, 2.05) is 39.1 Å². The van der Waals surface area contributed by atoms with Crippen LogP contribution in [0, 0.1) is 0 Å². The molecule has 1 aromatic rings. The van der Waals surface area contributed by atoms with E-state index in [9.17, 15) is 0 Å². The van der Waals surface area contributed by atoms with Crippen LogP contribution in [0.25, 0.3) is 0 Å². The fourth-order valence-electron chi connectivity index (χ4n) is 1.43. The van der Waals surface area contributed by atoms with Gasteiger partial charge in [0.05, 0.1) is 13.2 Å². The third-order valence-corrected chi connectivity index (χ3v) is 1.99. The molecular formula is C12H19NO2. The van der Waals surface area contributed by atoms with Crippen LogP contribution in [0.5, 0.6) is 11.5 Å². The smallest absolute Gasteiger partial charge is 0.123 e. The summed E-state index contributed by atoms with van der Waals surface area (Å²) >= 11 is 0. The van der Waals surface area contributed by atoms with Gasteiger partial charge in [-0.2, -0.15) is 0 Å². The molecule has 1 aromatic carbocycles. The Labute approximate surface area is 91.4 Å². The van der Waals surface area contributed by atoms with E-state index in [1.165, 1.54) is 0 Å². The van der Waals surface area contributed by atoms with Crippen LogP contribution >= 0.6 is 0 Å². The van der Waals surface area contributed by atoms with Gasteiger partial charge in [0.2, 0.25) is 0 Å². The predicted octanol–water partition coefficient (Wildman–Crippen LogP) is 2.20. The second-order valence-corrected chi connectivity index (χ2v) is 3.67. The van der Waals surface area contributed by atoms with Crippen LogP contribution in [-0.4, -0.2) is 20.3 Å².